The molecule has 92 valence electrons. The SMILES string of the molecule is O=[N+]([O-])c1ccc(SCC2CCNCC2)nc1. The number of aromatic nitrogens is 1. The van der Waals surface area contributed by atoms with Crippen molar-refractivity contribution in [1.29, 1.82) is 0 Å². The van der Waals surface area contributed by atoms with Crippen LogP contribution in [0.25, 0.3) is 0 Å². The van der Waals surface area contributed by atoms with Gasteiger partial charge in [-0.05, 0) is 37.9 Å². The highest BCUT2D eigenvalue weighted by Gasteiger charge is 2.13. The molecular weight excluding hydrogens is 238 g/mol. The number of nitrogens with zero attached hydrogens (tertiary/aromatic N) is 2. The van der Waals surface area contributed by atoms with E-state index in [0.717, 1.165) is 29.8 Å². The van der Waals surface area contributed by atoms with Crippen molar-refractivity contribution in [3.8, 4) is 0 Å². The summed E-state index contributed by atoms with van der Waals surface area (Å²) in [6.45, 7) is 2.19. The van der Waals surface area contributed by atoms with Crippen molar-refractivity contribution in [3.05, 3.63) is 28.4 Å². The van der Waals surface area contributed by atoms with Crippen molar-refractivity contribution in [1.82, 2.24) is 10.3 Å². The smallest absolute Gasteiger partial charge is 0.287 e. The highest BCUT2D eigenvalue weighted by Crippen LogP contribution is 2.24. The minimum atomic E-state index is -0.422. The molecule has 1 aliphatic heterocycles. The van der Waals surface area contributed by atoms with Gasteiger partial charge in [-0.2, -0.15) is 0 Å². The van der Waals surface area contributed by atoms with E-state index in [1.165, 1.54) is 25.1 Å². The molecule has 0 spiro atoms. The summed E-state index contributed by atoms with van der Waals surface area (Å²) < 4.78 is 0. The molecule has 0 atom stereocenters. The van der Waals surface area contributed by atoms with Gasteiger partial charge in [-0.1, -0.05) is 0 Å². The summed E-state index contributed by atoms with van der Waals surface area (Å²) in [4.78, 5) is 14.1. The summed E-state index contributed by atoms with van der Waals surface area (Å²) in [5, 5.41) is 14.7. The third-order valence-electron chi connectivity index (χ3n) is 2.86. The van der Waals surface area contributed by atoms with Crippen LogP contribution in [0.5, 0.6) is 0 Å². The maximum Gasteiger partial charge on any atom is 0.287 e. The molecule has 2 heterocycles. The van der Waals surface area contributed by atoms with Gasteiger partial charge >= 0.3 is 0 Å². The van der Waals surface area contributed by atoms with Crippen LogP contribution in [0.3, 0.4) is 0 Å². The Hall–Kier alpha value is -1.14. The Morgan fingerprint density at radius 2 is 2.24 bits per heavy atom. The molecule has 0 saturated carbocycles. The van der Waals surface area contributed by atoms with E-state index in [1.807, 2.05) is 0 Å². The molecule has 17 heavy (non-hydrogen) atoms. The van der Waals surface area contributed by atoms with Gasteiger partial charge < -0.3 is 5.32 Å². The van der Waals surface area contributed by atoms with Gasteiger partial charge in [-0.15, -0.1) is 11.8 Å². The molecule has 0 unspecified atom stereocenters. The quantitative estimate of drug-likeness (QED) is 0.505. The number of nitro groups is 1. The first-order chi connectivity index (χ1) is 8.25. The average Bonchev–Trinajstić information content (AvgIpc) is 2.38. The summed E-state index contributed by atoms with van der Waals surface area (Å²) in [5.74, 6) is 1.78. The standard InChI is InChI=1S/C11H15N3O2S/c15-14(16)10-1-2-11(13-7-10)17-8-9-3-5-12-6-4-9/h1-2,7,9,12H,3-6,8H2. The fourth-order valence-electron chi connectivity index (χ4n) is 1.82. The van der Waals surface area contributed by atoms with E-state index < -0.39 is 4.92 Å². The van der Waals surface area contributed by atoms with Gasteiger partial charge in [-0.3, -0.25) is 10.1 Å². The lowest BCUT2D eigenvalue weighted by Gasteiger charge is -2.21. The van der Waals surface area contributed by atoms with Crippen LogP contribution in [-0.2, 0) is 0 Å². The van der Waals surface area contributed by atoms with Crippen molar-refractivity contribution in [2.75, 3.05) is 18.8 Å². The topological polar surface area (TPSA) is 68.1 Å². The van der Waals surface area contributed by atoms with E-state index in [0.29, 0.717) is 0 Å². The van der Waals surface area contributed by atoms with E-state index in [4.69, 9.17) is 0 Å². The lowest BCUT2D eigenvalue weighted by molar-refractivity contribution is -0.385. The summed E-state index contributed by atoms with van der Waals surface area (Å²) in [7, 11) is 0. The Balaban J connectivity index is 1.84. The van der Waals surface area contributed by atoms with E-state index >= 15 is 0 Å². The Morgan fingerprint density at radius 3 is 2.82 bits per heavy atom. The van der Waals surface area contributed by atoms with Crippen molar-refractivity contribution in [2.24, 2.45) is 5.92 Å². The molecule has 5 nitrogen and oxygen atoms in total. The Labute approximate surface area is 104 Å². The van der Waals surface area contributed by atoms with Gasteiger partial charge in [0.1, 0.15) is 6.20 Å². The monoisotopic (exact) mass is 253 g/mol. The zero-order valence-corrected chi connectivity index (χ0v) is 10.3. The molecule has 1 aliphatic rings. The normalized spacial score (nSPS) is 16.9. The molecule has 0 aliphatic carbocycles. The summed E-state index contributed by atoms with van der Waals surface area (Å²) >= 11 is 1.69. The average molecular weight is 253 g/mol. The fraction of sp³-hybridized carbons (Fsp3) is 0.545. The predicted molar refractivity (Wildman–Crippen MR) is 67.2 cm³/mol. The van der Waals surface area contributed by atoms with Gasteiger partial charge in [0.25, 0.3) is 5.69 Å². The van der Waals surface area contributed by atoms with Crippen LogP contribution in [-0.4, -0.2) is 28.7 Å². The van der Waals surface area contributed by atoms with Crippen LogP contribution < -0.4 is 5.32 Å². The Kier molecular flexibility index (Phi) is 4.33. The minimum absolute atomic E-state index is 0.0521. The van der Waals surface area contributed by atoms with Crippen LogP contribution in [0.4, 0.5) is 5.69 Å². The first-order valence-electron chi connectivity index (χ1n) is 5.69. The number of nitrogens with one attached hydrogen (secondary N) is 1. The molecule has 1 aromatic rings. The largest absolute Gasteiger partial charge is 0.317 e. The summed E-state index contributed by atoms with van der Waals surface area (Å²) in [6.07, 6.45) is 3.74. The number of rotatable bonds is 4. The fourth-order valence-corrected chi connectivity index (χ4v) is 2.85. The third-order valence-corrected chi connectivity index (χ3v) is 4.03. The maximum atomic E-state index is 10.5. The van der Waals surface area contributed by atoms with Gasteiger partial charge in [0.15, 0.2) is 0 Å². The van der Waals surface area contributed by atoms with E-state index in [1.54, 1.807) is 17.8 Å². The van der Waals surface area contributed by atoms with E-state index in [-0.39, 0.29) is 5.69 Å². The second-order valence-electron chi connectivity index (χ2n) is 4.12. The number of hydrogen-bond donors (Lipinski definition) is 1. The van der Waals surface area contributed by atoms with Gasteiger partial charge in [0, 0.05) is 11.8 Å². The van der Waals surface area contributed by atoms with Crippen LogP contribution in [0.2, 0.25) is 0 Å². The van der Waals surface area contributed by atoms with Crippen LogP contribution in [0.1, 0.15) is 12.8 Å². The molecule has 0 aromatic carbocycles. The van der Waals surface area contributed by atoms with E-state index in [9.17, 15) is 10.1 Å². The molecule has 0 bridgehead atoms. The zero-order valence-electron chi connectivity index (χ0n) is 9.46. The highest BCUT2D eigenvalue weighted by atomic mass is 32.2. The molecule has 0 radical (unpaired) electrons. The lowest BCUT2D eigenvalue weighted by atomic mass is 10.0. The zero-order chi connectivity index (χ0) is 12.1. The van der Waals surface area contributed by atoms with Crippen molar-refractivity contribution >= 4 is 17.4 Å². The molecular formula is C11H15N3O2S. The molecule has 0 amide bonds. The van der Waals surface area contributed by atoms with Crippen LogP contribution in [0.15, 0.2) is 23.4 Å². The first kappa shape index (κ1) is 12.3. The predicted octanol–water partition coefficient (Wildman–Crippen LogP) is 2.08. The number of hydrogen-bond acceptors (Lipinski definition) is 5. The summed E-state index contributed by atoms with van der Waals surface area (Å²) in [5.41, 5.74) is 0.0521. The Morgan fingerprint density at radius 1 is 1.47 bits per heavy atom. The maximum absolute atomic E-state index is 10.5. The lowest BCUT2D eigenvalue weighted by Crippen LogP contribution is -2.28. The molecule has 1 aromatic heterocycles. The first-order valence-corrected chi connectivity index (χ1v) is 6.68. The van der Waals surface area contributed by atoms with Crippen molar-refractivity contribution < 1.29 is 4.92 Å². The van der Waals surface area contributed by atoms with Crippen molar-refractivity contribution in [2.45, 2.75) is 17.9 Å². The van der Waals surface area contributed by atoms with Crippen molar-refractivity contribution in [3.63, 3.8) is 0 Å². The molecule has 1 N–H and O–H groups in total. The molecule has 1 saturated heterocycles. The Bertz CT molecular complexity index is 377. The van der Waals surface area contributed by atoms with E-state index in [2.05, 4.69) is 10.3 Å². The highest BCUT2D eigenvalue weighted by molar-refractivity contribution is 7.99. The molecule has 1 fully saturated rings. The minimum Gasteiger partial charge on any atom is -0.317 e. The van der Waals surface area contributed by atoms with Gasteiger partial charge in [0.05, 0.1) is 9.95 Å². The van der Waals surface area contributed by atoms with Gasteiger partial charge in [-0.25, -0.2) is 4.98 Å². The molecule has 2 rings (SSSR count). The number of pyridine rings is 1. The van der Waals surface area contributed by atoms with Gasteiger partial charge in [0.2, 0.25) is 0 Å². The number of piperidine rings is 1. The summed E-state index contributed by atoms with van der Waals surface area (Å²) in [6, 6.07) is 3.24. The number of thioether (sulfide) groups is 1. The second kappa shape index (κ2) is 5.97. The second-order valence-corrected chi connectivity index (χ2v) is 5.16. The van der Waals surface area contributed by atoms with Crippen LogP contribution in [0, 0.1) is 16.0 Å². The molecule has 6 heteroatoms. The van der Waals surface area contributed by atoms with Crippen LogP contribution >= 0.6 is 11.8 Å². The third kappa shape index (κ3) is 3.67.